The van der Waals surface area contributed by atoms with Crippen LogP contribution in [-0.4, -0.2) is 12.2 Å². The average Bonchev–Trinajstić information content (AvgIpc) is 2.17. The van der Waals surface area contributed by atoms with Gasteiger partial charge in [0.15, 0.2) is 0 Å². The number of phenols is 1. The van der Waals surface area contributed by atoms with E-state index in [4.69, 9.17) is 4.74 Å². The van der Waals surface area contributed by atoms with Crippen LogP contribution < -0.4 is 4.74 Å². The zero-order valence-corrected chi connectivity index (χ0v) is 7.95. The molecule has 1 aromatic rings. The van der Waals surface area contributed by atoms with Gasteiger partial charge in [0, 0.05) is 5.56 Å². The molecule has 2 nitrogen and oxygen atoms in total. The predicted octanol–water partition coefficient (Wildman–Crippen LogP) is 2.82. The molecule has 0 saturated carbocycles. The zero-order chi connectivity index (χ0) is 9.68. The first-order valence-corrected chi connectivity index (χ1v) is 4.31. The van der Waals surface area contributed by atoms with Crippen LogP contribution >= 0.6 is 0 Å². The SMILES string of the molecule is CCC=Cc1cc(OC)ccc1O. The number of benzene rings is 1. The number of ether oxygens (including phenoxy) is 1. The molecule has 0 saturated heterocycles. The summed E-state index contributed by atoms with van der Waals surface area (Å²) < 4.78 is 5.04. The van der Waals surface area contributed by atoms with Crippen LogP contribution in [0.5, 0.6) is 11.5 Å². The number of hydrogen-bond acceptors (Lipinski definition) is 2. The fourth-order valence-electron chi connectivity index (χ4n) is 1.04. The number of allylic oxidation sites excluding steroid dienone is 1. The molecule has 1 aromatic carbocycles. The molecule has 1 N–H and O–H groups in total. The lowest BCUT2D eigenvalue weighted by Gasteiger charge is -2.02. The number of methoxy groups -OCH3 is 1. The third-order valence-electron chi connectivity index (χ3n) is 1.77. The first-order valence-electron chi connectivity index (χ1n) is 4.31. The molecule has 2 heteroatoms. The third-order valence-corrected chi connectivity index (χ3v) is 1.77. The van der Waals surface area contributed by atoms with Gasteiger partial charge in [-0.2, -0.15) is 0 Å². The maximum absolute atomic E-state index is 9.45. The highest BCUT2D eigenvalue weighted by Crippen LogP contribution is 2.23. The lowest BCUT2D eigenvalue weighted by Crippen LogP contribution is -1.83. The van der Waals surface area contributed by atoms with Crippen LogP contribution in [0.2, 0.25) is 0 Å². The standard InChI is InChI=1S/C11H14O2/c1-3-4-5-9-8-10(13-2)6-7-11(9)12/h4-8,12H,3H2,1-2H3. The molecule has 0 aliphatic heterocycles. The van der Waals surface area contributed by atoms with E-state index in [1.807, 2.05) is 25.1 Å². The molecule has 0 amide bonds. The van der Waals surface area contributed by atoms with E-state index in [0.717, 1.165) is 17.7 Å². The number of phenolic OH excluding ortho intramolecular Hbond substituents is 1. The normalized spacial score (nSPS) is 10.6. The van der Waals surface area contributed by atoms with Gasteiger partial charge < -0.3 is 9.84 Å². The van der Waals surface area contributed by atoms with Gasteiger partial charge in [0.05, 0.1) is 7.11 Å². The monoisotopic (exact) mass is 178 g/mol. The van der Waals surface area contributed by atoms with Gasteiger partial charge in [-0.05, 0) is 24.6 Å². The van der Waals surface area contributed by atoms with Gasteiger partial charge >= 0.3 is 0 Å². The van der Waals surface area contributed by atoms with E-state index >= 15 is 0 Å². The summed E-state index contributed by atoms with van der Waals surface area (Å²) in [5, 5.41) is 9.45. The lowest BCUT2D eigenvalue weighted by molar-refractivity contribution is 0.412. The Labute approximate surface area is 78.5 Å². The van der Waals surface area contributed by atoms with Crippen LogP contribution in [0, 0.1) is 0 Å². The summed E-state index contributed by atoms with van der Waals surface area (Å²) in [4.78, 5) is 0. The molecule has 0 bridgehead atoms. The average molecular weight is 178 g/mol. The van der Waals surface area contributed by atoms with E-state index in [0.29, 0.717) is 0 Å². The lowest BCUT2D eigenvalue weighted by atomic mass is 10.1. The molecule has 13 heavy (non-hydrogen) atoms. The number of hydrogen-bond donors (Lipinski definition) is 1. The molecule has 0 spiro atoms. The molecule has 0 heterocycles. The zero-order valence-electron chi connectivity index (χ0n) is 7.95. The van der Waals surface area contributed by atoms with Gasteiger partial charge in [0.25, 0.3) is 0 Å². The van der Waals surface area contributed by atoms with Gasteiger partial charge in [0.2, 0.25) is 0 Å². The summed E-state index contributed by atoms with van der Waals surface area (Å²) in [6.07, 6.45) is 4.84. The second-order valence-electron chi connectivity index (χ2n) is 2.74. The maximum Gasteiger partial charge on any atom is 0.123 e. The molecule has 0 atom stereocenters. The summed E-state index contributed by atoms with van der Waals surface area (Å²) in [7, 11) is 1.61. The fraction of sp³-hybridized carbons (Fsp3) is 0.273. The van der Waals surface area contributed by atoms with E-state index in [1.165, 1.54) is 0 Å². The van der Waals surface area contributed by atoms with Crippen LogP contribution in [-0.2, 0) is 0 Å². The summed E-state index contributed by atoms with van der Waals surface area (Å²) in [6.45, 7) is 2.05. The summed E-state index contributed by atoms with van der Waals surface area (Å²) >= 11 is 0. The van der Waals surface area contributed by atoms with Crippen LogP contribution in [0.25, 0.3) is 6.08 Å². The van der Waals surface area contributed by atoms with E-state index in [9.17, 15) is 5.11 Å². The number of rotatable bonds is 3. The molecule has 0 radical (unpaired) electrons. The van der Waals surface area contributed by atoms with Crippen LogP contribution in [0.15, 0.2) is 24.3 Å². The molecule has 0 aliphatic rings. The van der Waals surface area contributed by atoms with Crippen molar-refractivity contribution < 1.29 is 9.84 Å². The van der Waals surface area contributed by atoms with Crippen molar-refractivity contribution in [1.82, 2.24) is 0 Å². The molecule has 0 unspecified atom stereocenters. The van der Waals surface area contributed by atoms with Crippen molar-refractivity contribution in [2.75, 3.05) is 7.11 Å². The summed E-state index contributed by atoms with van der Waals surface area (Å²) in [5.74, 6) is 1.04. The minimum absolute atomic E-state index is 0.283. The van der Waals surface area contributed by atoms with Crippen molar-refractivity contribution in [2.45, 2.75) is 13.3 Å². The minimum atomic E-state index is 0.283. The molecule has 0 aliphatic carbocycles. The molecule has 70 valence electrons. The fourth-order valence-corrected chi connectivity index (χ4v) is 1.04. The highest BCUT2D eigenvalue weighted by atomic mass is 16.5. The number of aromatic hydroxyl groups is 1. The van der Waals surface area contributed by atoms with E-state index in [-0.39, 0.29) is 5.75 Å². The second-order valence-corrected chi connectivity index (χ2v) is 2.74. The second kappa shape index (κ2) is 4.55. The summed E-state index contributed by atoms with van der Waals surface area (Å²) in [5.41, 5.74) is 0.793. The molecular weight excluding hydrogens is 164 g/mol. The highest BCUT2D eigenvalue weighted by molar-refractivity contribution is 5.58. The smallest absolute Gasteiger partial charge is 0.123 e. The molecule has 1 rings (SSSR count). The van der Waals surface area contributed by atoms with Crippen molar-refractivity contribution in [3.05, 3.63) is 29.8 Å². The van der Waals surface area contributed by atoms with Gasteiger partial charge in [-0.1, -0.05) is 19.1 Å². The predicted molar refractivity (Wildman–Crippen MR) is 54.0 cm³/mol. The quantitative estimate of drug-likeness (QED) is 0.771. The van der Waals surface area contributed by atoms with Crippen molar-refractivity contribution >= 4 is 6.08 Å². The van der Waals surface area contributed by atoms with Crippen molar-refractivity contribution in [3.63, 3.8) is 0 Å². The van der Waals surface area contributed by atoms with Crippen molar-refractivity contribution in [1.29, 1.82) is 0 Å². The largest absolute Gasteiger partial charge is 0.507 e. The minimum Gasteiger partial charge on any atom is -0.507 e. The van der Waals surface area contributed by atoms with E-state index < -0.39 is 0 Å². The van der Waals surface area contributed by atoms with Gasteiger partial charge in [-0.3, -0.25) is 0 Å². The molecule has 0 aromatic heterocycles. The van der Waals surface area contributed by atoms with E-state index in [1.54, 1.807) is 19.2 Å². The maximum atomic E-state index is 9.45. The van der Waals surface area contributed by atoms with Crippen molar-refractivity contribution in [2.24, 2.45) is 0 Å². The van der Waals surface area contributed by atoms with Gasteiger partial charge in [0.1, 0.15) is 11.5 Å². The Morgan fingerprint density at radius 2 is 2.23 bits per heavy atom. The van der Waals surface area contributed by atoms with Crippen LogP contribution in [0.4, 0.5) is 0 Å². The van der Waals surface area contributed by atoms with E-state index in [2.05, 4.69) is 0 Å². The van der Waals surface area contributed by atoms with Crippen LogP contribution in [0.1, 0.15) is 18.9 Å². The topological polar surface area (TPSA) is 29.5 Å². The Morgan fingerprint density at radius 1 is 1.46 bits per heavy atom. The third kappa shape index (κ3) is 2.51. The Bertz CT molecular complexity index is 303. The van der Waals surface area contributed by atoms with Crippen LogP contribution in [0.3, 0.4) is 0 Å². The molecular formula is C11H14O2. The van der Waals surface area contributed by atoms with Crippen molar-refractivity contribution in [3.8, 4) is 11.5 Å². The van der Waals surface area contributed by atoms with Gasteiger partial charge in [-0.15, -0.1) is 0 Å². The Balaban J connectivity index is 2.97. The summed E-state index contributed by atoms with van der Waals surface area (Å²) in [6, 6.07) is 5.17. The molecule has 0 fully saturated rings. The first kappa shape index (κ1) is 9.65. The Hall–Kier alpha value is -1.44. The van der Waals surface area contributed by atoms with Gasteiger partial charge in [-0.25, -0.2) is 0 Å². The Morgan fingerprint density at radius 3 is 2.85 bits per heavy atom. The Kier molecular flexibility index (Phi) is 3.38. The first-order chi connectivity index (χ1) is 6.27. The highest BCUT2D eigenvalue weighted by Gasteiger charge is 1.98.